The zero-order chi connectivity index (χ0) is 34.4. The average molecular weight is 675 g/mol. The second-order valence-electron chi connectivity index (χ2n) is 13.5. The van der Waals surface area contributed by atoms with E-state index in [-0.39, 0.29) is 0 Å². The van der Waals surface area contributed by atoms with E-state index in [4.69, 9.17) is 9.47 Å². The number of ether oxygens (including phenoxy) is 2. The summed E-state index contributed by atoms with van der Waals surface area (Å²) in [5, 5.41) is 2.41. The Morgan fingerprint density at radius 1 is 0.816 bits per heavy atom. The molecule has 0 radical (unpaired) electrons. The quantitative estimate of drug-likeness (QED) is 0.0867. The first kappa shape index (κ1) is 34.4. The van der Waals surface area contributed by atoms with Crippen molar-refractivity contribution in [1.29, 1.82) is 0 Å². The fourth-order valence-electron chi connectivity index (χ4n) is 6.78. The topological polar surface area (TPSA) is 28.8 Å². The van der Waals surface area contributed by atoms with E-state index >= 15 is 0 Å². The Hall–Kier alpha value is -4.46. The Morgan fingerprint density at radius 2 is 1.55 bits per heavy atom. The van der Waals surface area contributed by atoms with Gasteiger partial charge in [-0.05, 0) is 66.6 Å². The van der Waals surface area contributed by atoms with Gasteiger partial charge in [-0.25, -0.2) is 0 Å². The Balaban J connectivity index is 1.42. The fraction of sp³-hybridized carbons (Fsp3) is 0.310. The summed E-state index contributed by atoms with van der Waals surface area (Å²) in [5.74, 6) is 2.97. The molecule has 0 N–H and O–H groups in total. The summed E-state index contributed by atoms with van der Waals surface area (Å²) in [4.78, 5) is 6.21. The smallest absolute Gasteiger partial charge is 0.282 e. The maximum atomic E-state index is 5.81. The molecule has 6 nitrogen and oxygen atoms in total. The summed E-state index contributed by atoms with van der Waals surface area (Å²) in [6, 6.07) is 36.8. The van der Waals surface area contributed by atoms with Gasteiger partial charge in [-0.1, -0.05) is 67.6 Å². The zero-order valence-electron chi connectivity index (χ0n) is 29.9. The molecule has 0 spiro atoms. The van der Waals surface area contributed by atoms with E-state index in [1.54, 1.807) is 14.2 Å². The van der Waals surface area contributed by atoms with Crippen LogP contribution in [0.2, 0.25) is 0 Å². The third-order valence-electron chi connectivity index (χ3n) is 9.38. The zero-order valence-corrected chi connectivity index (χ0v) is 30.7. The Bertz CT molecular complexity index is 1920. The molecule has 0 aliphatic carbocycles. The monoisotopic (exact) mass is 674 g/mol. The van der Waals surface area contributed by atoms with Gasteiger partial charge in [-0.15, -0.1) is 0 Å². The number of hydrogen-bond acceptors (Lipinski definition) is 5. The summed E-state index contributed by atoms with van der Waals surface area (Å²) < 4.78 is 14.7. The highest BCUT2D eigenvalue weighted by atomic mass is 32.2. The molecule has 0 bridgehead atoms. The Morgan fingerprint density at radius 3 is 2.31 bits per heavy atom. The first-order valence-corrected chi connectivity index (χ1v) is 18.2. The molecule has 1 aliphatic heterocycles. The standard InChI is InChI=1S/C42H50N4O2S/c1-7-8-24-44(25-15-26-46(3,4)31-32-16-14-19-35(27-32)47-5)41-28-33(29-42-43(2)38-20-12-13-21-40(38)49-42)37-23-22-36(48-6)30-39(37)45(41)34-17-10-9-11-18-34/h9-14,16-23,27-30H,7-8,15,24-26,31H2,1-6H3/q+2. The SMILES string of the molecule is CCCCN(CCC[N+](C)(C)Cc1cccc(OC)c1)c1cc(/C=C2\Sc3ccccc3N2C)c2ccc(OC)cc2[n+]1-c1ccccc1. The minimum absolute atomic E-state index is 0.851. The van der Waals surface area contributed by atoms with E-state index in [0.29, 0.717) is 0 Å². The van der Waals surface area contributed by atoms with Gasteiger partial charge in [0.2, 0.25) is 0 Å². The maximum absolute atomic E-state index is 5.81. The number of aromatic nitrogens is 1. The molecule has 6 rings (SSSR count). The Kier molecular flexibility index (Phi) is 10.8. The van der Waals surface area contributed by atoms with Crippen LogP contribution in [0, 0.1) is 0 Å². The van der Waals surface area contributed by atoms with Crippen molar-refractivity contribution in [2.75, 3.05) is 64.8 Å². The summed E-state index contributed by atoms with van der Waals surface area (Å²) in [5.41, 5.74) is 6.03. The van der Waals surface area contributed by atoms with Gasteiger partial charge in [0.05, 0.1) is 58.7 Å². The second kappa shape index (κ2) is 15.4. The number of methoxy groups -OCH3 is 2. The molecule has 0 saturated heterocycles. The van der Waals surface area contributed by atoms with Crippen molar-refractivity contribution in [3.05, 3.63) is 119 Å². The normalized spacial score (nSPS) is 13.6. The van der Waals surface area contributed by atoms with Gasteiger partial charge in [0.25, 0.3) is 5.82 Å². The predicted octanol–water partition coefficient (Wildman–Crippen LogP) is 8.95. The number of anilines is 2. The van der Waals surface area contributed by atoms with E-state index in [0.717, 1.165) is 72.6 Å². The number of pyridine rings is 1. The number of quaternary nitrogens is 1. The van der Waals surface area contributed by atoms with Gasteiger partial charge >= 0.3 is 0 Å². The lowest BCUT2D eigenvalue weighted by Gasteiger charge is -2.31. The summed E-state index contributed by atoms with van der Waals surface area (Å²) >= 11 is 1.84. The molecule has 0 fully saturated rings. The van der Waals surface area contributed by atoms with Crippen molar-refractivity contribution in [2.24, 2.45) is 0 Å². The van der Waals surface area contributed by atoms with Crippen LogP contribution >= 0.6 is 11.8 Å². The lowest BCUT2D eigenvalue weighted by molar-refractivity contribution is -0.903. The Labute approximate surface area is 296 Å². The molecule has 254 valence electrons. The summed E-state index contributed by atoms with van der Waals surface area (Å²) in [7, 11) is 10.3. The van der Waals surface area contributed by atoms with Gasteiger partial charge in [-0.3, -0.25) is 4.90 Å². The highest BCUT2D eigenvalue weighted by Crippen LogP contribution is 2.46. The van der Waals surface area contributed by atoms with Crippen molar-refractivity contribution in [2.45, 2.75) is 37.6 Å². The number of fused-ring (bicyclic) bond motifs is 2. The maximum Gasteiger partial charge on any atom is 0.282 e. The molecule has 2 heterocycles. The molecule has 49 heavy (non-hydrogen) atoms. The van der Waals surface area contributed by atoms with E-state index in [1.165, 1.54) is 37.9 Å². The van der Waals surface area contributed by atoms with Crippen LogP contribution in [0.4, 0.5) is 11.5 Å². The van der Waals surface area contributed by atoms with E-state index in [9.17, 15) is 0 Å². The third kappa shape index (κ3) is 7.90. The number of benzene rings is 4. The largest absolute Gasteiger partial charge is 0.497 e. The highest BCUT2D eigenvalue weighted by molar-refractivity contribution is 8.03. The van der Waals surface area contributed by atoms with Gasteiger partial charge in [0, 0.05) is 41.4 Å². The molecule has 7 heteroatoms. The molecule has 4 aromatic carbocycles. The number of unbranched alkanes of at least 4 members (excludes halogenated alkanes) is 1. The minimum Gasteiger partial charge on any atom is -0.497 e. The average Bonchev–Trinajstić information content (AvgIpc) is 3.43. The molecule has 0 amide bonds. The number of rotatable bonds is 14. The summed E-state index contributed by atoms with van der Waals surface area (Å²) in [6.07, 6.45) is 5.69. The highest BCUT2D eigenvalue weighted by Gasteiger charge is 2.28. The first-order chi connectivity index (χ1) is 23.8. The van der Waals surface area contributed by atoms with Crippen molar-refractivity contribution < 1.29 is 18.5 Å². The third-order valence-corrected chi connectivity index (χ3v) is 10.5. The summed E-state index contributed by atoms with van der Waals surface area (Å²) in [6.45, 7) is 6.24. The number of thioether (sulfide) groups is 1. The van der Waals surface area contributed by atoms with E-state index in [2.05, 4.69) is 146 Å². The van der Waals surface area contributed by atoms with Crippen LogP contribution in [0.1, 0.15) is 37.3 Å². The number of para-hydroxylation sites is 2. The molecule has 0 saturated carbocycles. The number of nitrogens with zero attached hydrogens (tertiary/aromatic N) is 4. The van der Waals surface area contributed by atoms with Crippen LogP contribution in [0.25, 0.3) is 22.7 Å². The lowest BCUT2D eigenvalue weighted by Crippen LogP contribution is -2.44. The van der Waals surface area contributed by atoms with Gasteiger partial charge < -0.3 is 18.9 Å². The molecule has 1 aliphatic rings. The molecule has 1 aromatic heterocycles. The molecule has 0 atom stereocenters. The minimum atomic E-state index is 0.851. The van der Waals surface area contributed by atoms with Crippen LogP contribution < -0.4 is 23.8 Å². The van der Waals surface area contributed by atoms with Gasteiger partial charge in [-0.2, -0.15) is 4.57 Å². The van der Waals surface area contributed by atoms with Gasteiger partial charge in [0.1, 0.15) is 29.2 Å². The second-order valence-corrected chi connectivity index (χ2v) is 14.5. The van der Waals surface area contributed by atoms with Crippen LogP contribution in [0.3, 0.4) is 0 Å². The molecular formula is C42H50N4O2S+2. The predicted molar refractivity (Wildman–Crippen MR) is 206 cm³/mol. The molecule has 5 aromatic rings. The van der Waals surface area contributed by atoms with Crippen LogP contribution in [-0.2, 0) is 6.54 Å². The first-order valence-electron chi connectivity index (χ1n) is 17.3. The van der Waals surface area contributed by atoms with Gasteiger partial charge in [0.15, 0.2) is 0 Å². The fourth-order valence-corrected chi connectivity index (χ4v) is 7.88. The van der Waals surface area contributed by atoms with Crippen LogP contribution in [-0.4, -0.2) is 59.5 Å². The van der Waals surface area contributed by atoms with Crippen molar-refractivity contribution in [1.82, 2.24) is 0 Å². The van der Waals surface area contributed by atoms with Crippen LogP contribution in [0.5, 0.6) is 11.5 Å². The van der Waals surface area contributed by atoms with Crippen molar-refractivity contribution in [3.8, 4) is 17.2 Å². The lowest BCUT2D eigenvalue weighted by atomic mass is 10.1. The van der Waals surface area contributed by atoms with Crippen LogP contribution in [0.15, 0.2) is 113 Å². The molecular weight excluding hydrogens is 625 g/mol. The van der Waals surface area contributed by atoms with E-state index < -0.39 is 0 Å². The van der Waals surface area contributed by atoms with Crippen molar-refractivity contribution >= 4 is 40.2 Å². The molecule has 0 unspecified atom stereocenters. The number of hydrogen-bond donors (Lipinski definition) is 0. The van der Waals surface area contributed by atoms with Crippen molar-refractivity contribution in [3.63, 3.8) is 0 Å². The van der Waals surface area contributed by atoms with E-state index in [1.807, 2.05) is 17.8 Å².